The third-order valence-electron chi connectivity index (χ3n) is 8.18. The van der Waals surface area contributed by atoms with Gasteiger partial charge in [0.15, 0.2) is 12.5 Å². The smallest absolute Gasteiger partial charge is 0.326 e. The molecular weight excluding hydrogens is 678 g/mol. The van der Waals surface area contributed by atoms with Gasteiger partial charge in [-0.05, 0) is 19.3 Å². The van der Waals surface area contributed by atoms with Crippen molar-refractivity contribution in [3.05, 3.63) is 0 Å². The maximum absolute atomic E-state index is 12.3. The molecule has 0 aliphatic rings. The van der Waals surface area contributed by atoms with Gasteiger partial charge in [-0.2, -0.15) is 0 Å². The Morgan fingerprint density at radius 1 is 0.596 bits per heavy atom. The van der Waals surface area contributed by atoms with Gasteiger partial charge < -0.3 is 39.8 Å². The SMILES string of the molecule is O=[C]COCCOCCNC(C=O)OCCOCCNC(=O)CC[C@H](NC(=O)CCCCCCCCCCCCCCCCCCC(=O)O)C(=O)O. The van der Waals surface area contributed by atoms with Gasteiger partial charge in [0.1, 0.15) is 12.6 Å². The van der Waals surface area contributed by atoms with Crippen molar-refractivity contribution in [3.63, 3.8) is 0 Å². The van der Waals surface area contributed by atoms with Crippen molar-refractivity contribution < 1.29 is 57.9 Å². The second-order valence-electron chi connectivity index (χ2n) is 12.7. The van der Waals surface area contributed by atoms with E-state index < -0.39 is 24.2 Å². The monoisotopic (exact) mass is 744 g/mol. The van der Waals surface area contributed by atoms with E-state index in [-0.39, 0.29) is 77.1 Å². The first-order chi connectivity index (χ1) is 25.3. The van der Waals surface area contributed by atoms with E-state index in [9.17, 15) is 33.9 Å². The lowest BCUT2D eigenvalue weighted by Crippen LogP contribution is -2.41. The van der Waals surface area contributed by atoms with E-state index in [0.717, 1.165) is 38.5 Å². The molecule has 2 atom stereocenters. The fourth-order valence-electron chi connectivity index (χ4n) is 5.28. The molecule has 0 spiro atoms. The Hall–Kier alpha value is -2.98. The number of rotatable bonds is 41. The number of carboxylic acids is 2. The summed E-state index contributed by atoms with van der Waals surface area (Å²) >= 11 is 0. The number of carbonyl (C=O) groups is 5. The van der Waals surface area contributed by atoms with Crippen molar-refractivity contribution in [1.29, 1.82) is 0 Å². The summed E-state index contributed by atoms with van der Waals surface area (Å²) in [4.78, 5) is 67.7. The van der Waals surface area contributed by atoms with Crippen LogP contribution >= 0.6 is 0 Å². The molecule has 0 aliphatic heterocycles. The van der Waals surface area contributed by atoms with Gasteiger partial charge >= 0.3 is 11.9 Å². The van der Waals surface area contributed by atoms with Crippen LogP contribution in [0.15, 0.2) is 0 Å². The molecule has 301 valence electrons. The fourth-order valence-corrected chi connectivity index (χ4v) is 5.28. The van der Waals surface area contributed by atoms with Gasteiger partial charge in [-0.25, -0.2) is 4.79 Å². The van der Waals surface area contributed by atoms with Crippen LogP contribution in [-0.4, -0.2) is 118 Å². The molecule has 15 heteroatoms. The zero-order chi connectivity index (χ0) is 38.3. The first kappa shape index (κ1) is 49.0. The molecule has 52 heavy (non-hydrogen) atoms. The second-order valence-corrected chi connectivity index (χ2v) is 12.7. The molecule has 1 unspecified atom stereocenters. The number of hydrogen-bond acceptors (Lipinski definition) is 11. The minimum Gasteiger partial charge on any atom is -0.481 e. The van der Waals surface area contributed by atoms with Crippen LogP contribution in [-0.2, 0) is 47.7 Å². The van der Waals surface area contributed by atoms with Gasteiger partial charge in [0.25, 0.3) is 0 Å². The van der Waals surface area contributed by atoms with Crippen LogP contribution < -0.4 is 16.0 Å². The molecule has 15 nitrogen and oxygen atoms in total. The Morgan fingerprint density at radius 2 is 1.10 bits per heavy atom. The van der Waals surface area contributed by atoms with E-state index in [4.69, 9.17) is 24.1 Å². The Balaban J connectivity index is 3.71. The van der Waals surface area contributed by atoms with Gasteiger partial charge in [-0.3, -0.25) is 29.3 Å². The highest BCUT2D eigenvalue weighted by molar-refractivity contribution is 5.84. The van der Waals surface area contributed by atoms with Crippen LogP contribution in [0.2, 0.25) is 0 Å². The average Bonchev–Trinajstić information content (AvgIpc) is 3.12. The van der Waals surface area contributed by atoms with Crippen molar-refractivity contribution in [2.45, 2.75) is 141 Å². The number of amides is 2. The summed E-state index contributed by atoms with van der Waals surface area (Å²) in [6.45, 7) is 1.93. The van der Waals surface area contributed by atoms with Gasteiger partial charge in [0, 0.05) is 32.4 Å². The number of carbonyl (C=O) groups excluding carboxylic acids is 4. The van der Waals surface area contributed by atoms with Crippen LogP contribution in [0.25, 0.3) is 0 Å². The lowest BCUT2D eigenvalue weighted by atomic mass is 10.0. The lowest BCUT2D eigenvalue weighted by molar-refractivity contribution is -0.142. The molecule has 0 saturated carbocycles. The van der Waals surface area contributed by atoms with Crippen molar-refractivity contribution in [2.75, 3.05) is 59.3 Å². The van der Waals surface area contributed by atoms with Crippen LogP contribution in [0, 0.1) is 0 Å². The number of aliphatic carboxylic acids is 2. The average molecular weight is 745 g/mol. The zero-order valence-electron chi connectivity index (χ0n) is 31.2. The number of hydrogen-bond donors (Lipinski definition) is 5. The molecule has 0 fully saturated rings. The van der Waals surface area contributed by atoms with E-state index >= 15 is 0 Å². The number of nitrogens with one attached hydrogen (secondary N) is 3. The van der Waals surface area contributed by atoms with E-state index in [1.807, 2.05) is 0 Å². The number of unbranched alkanes of at least 4 members (excludes halogenated alkanes) is 15. The Morgan fingerprint density at radius 3 is 1.62 bits per heavy atom. The molecule has 0 rings (SSSR count). The molecule has 0 saturated heterocycles. The summed E-state index contributed by atoms with van der Waals surface area (Å²) in [7, 11) is 0. The Kier molecular flexibility index (Phi) is 35.6. The van der Waals surface area contributed by atoms with E-state index in [2.05, 4.69) is 16.0 Å². The Labute approximate surface area is 310 Å². The summed E-state index contributed by atoms with van der Waals surface area (Å²) in [5.74, 6) is -2.55. The molecule has 0 aromatic carbocycles. The third kappa shape index (κ3) is 35.4. The van der Waals surface area contributed by atoms with Crippen molar-refractivity contribution in [1.82, 2.24) is 16.0 Å². The molecular formula is C37H66N3O12. The standard InChI is InChI=1S/C37H66N3O12/c41-23-26-51-28-27-49-25-22-39-35(31-42)52-30-29-50-24-21-38-33(43)20-19-32(37(47)48)40-34(44)17-15-13-11-9-7-5-3-1-2-4-6-8-10-12-14-16-18-36(45)46/h31-32,35,39H,1-22,24-30H2,(H,38,43)(H,40,44)(H,45,46)(H,47,48)/t32-,35?/m0/s1. The largest absolute Gasteiger partial charge is 0.481 e. The fraction of sp³-hybridized carbons (Fsp3) is 0.838. The van der Waals surface area contributed by atoms with Crippen LogP contribution in [0.1, 0.15) is 128 Å². The van der Waals surface area contributed by atoms with Gasteiger partial charge in [0.05, 0.1) is 39.6 Å². The maximum atomic E-state index is 12.3. The quantitative estimate of drug-likeness (QED) is 0.0342. The highest BCUT2D eigenvalue weighted by atomic mass is 16.5. The minimum absolute atomic E-state index is 0.0183. The van der Waals surface area contributed by atoms with Gasteiger partial charge in [-0.15, -0.1) is 0 Å². The third-order valence-corrected chi connectivity index (χ3v) is 8.18. The second kappa shape index (κ2) is 37.8. The number of aldehydes is 1. The van der Waals surface area contributed by atoms with Crippen molar-refractivity contribution in [3.8, 4) is 0 Å². The molecule has 0 heterocycles. The minimum atomic E-state index is -1.18. The zero-order valence-corrected chi connectivity index (χ0v) is 31.2. The molecule has 0 aromatic heterocycles. The molecule has 5 N–H and O–H groups in total. The van der Waals surface area contributed by atoms with Crippen LogP contribution in [0.5, 0.6) is 0 Å². The van der Waals surface area contributed by atoms with Crippen molar-refractivity contribution in [2.24, 2.45) is 0 Å². The highest BCUT2D eigenvalue weighted by Crippen LogP contribution is 2.14. The Bertz CT molecular complexity index is 924. The topological polar surface area (TPSA) is 216 Å². The summed E-state index contributed by atoms with van der Waals surface area (Å²) in [6.07, 6.45) is 19.8. The normalized spacial score (nSPS) is 12.2. The summed E-state index contributed by atoms with van der Waals surface area (Å²) in [5, 5.41) is 26.2. The van der Waals surface area contributed by atoms with E-state index in [1.165, 1.54) is 57.8 Å². The summed E-state index contributed by atoms with van der Waals surface area (Å²) in [5.41, 5.74) is 0. The summed E-state index contributed by atoms with van der Waals surface area (Å²) < 4.78 is 20.9. The first-order valence-electron chi connectivity index (χ1n) is 19.2. The maximum Gasteiger partial charge on any atom is 0.326 e. The van der Waals surface area contributed by atoms with Gasteiger partial charge in [-0.1, -0.05) is 89.9 Å². The van der Waals surface area contributed by atoms with Crippen molar-refractivity contribution >= 4 is 36.3 Å². The highest BCUT2D eigenvalue weighted by Gasteiger charge is 2.20. The van der Waals surface area contributed by atoms with Gasteiger partial charge in [0.2, 0.25) is 18.1 Å². The van der Waals surface area contributed by atoms with E-state index in [1.54, 1.807) is 6.29 Å². The molecule has 0 aliphatic carbocycles. The van der Waals surface area contributed by atoms with Crippen LogP contribution in [0.4, 0.5) is 0 Å². The first-order valence-corrected chi connectivity index (χ1v) is 19.2. The lowest BCUT2D eigenvalue weighted by Gasteiger charge is -2.15. The molecule has 0 bridgehead atoms. The van der Waals surface area contributed by atoms with E-state index in [0.29, 0.717) is 32.5 Å². The molecule has 0 aromatic rings. The predicted molar refractivity (Wildman–Crippen MR) is 195 cm³/mol. The number of ether oxygens (including phenoxy) is 4. The predicted octanol–water partition coefficient (Wildman–Crippen LogP) is 3.85. The summed E-state index contributed by atoms with van der Waals surface area (Å²) in [6, 6.07) is -1.13. The molecule has 2 amide bonds. The van der Waals surface area contributed by atoms with Crippen LogP contribution in [0.3, 0.4) is 0 Å². The molecule has 1 radical (unpaired) electrons. The number of carboxylic acid groups (broad SMARTS) is 2.